The van der Waals surface area contributed by atoms with Crippen LogP contribution in [0, 0.1) is 5.92 Å². The van der Waals surface area contributed by atoms with E-state index in [-0.39, 0.29) is 17.7 Å². The van der Waals surface area contributed by atoms with Crippen molar-refractivity contribution < 1.29 is 9.59 Å². The Labute approximate surface area is 154 Å². The molecule has 0 saturated heterocycles. The van der Waals surface area contributed by atoms with Gasteiger partial charge < -0.3 is 10.2 Å². The van der Waals surface area contributed by atoms with Crippen LogP contribution in [0.5, 0.6) is 0 Å². The predicted molar refractivity (Wildman–Crippen MR) is 102 cm³/mol. The summed E-state index contributed by atoms with van der Waals surface area (Å²) in [5.74, 6) is -0.214. The molecule has 0 radical (unpaired) electrons. The van der Waals surface area contributed by atoms with Gasteiger partial charge in [0.15, 0.2) is 0 Å². The van der Waals surface area contributed by atoms with Crippen LogP contribution in [-0.4, -0.2) is 22.8 Å². The molecule has 1 aromatic carbocycles. The number of anilines is 1. The summed E-state index contributed by atoms with van der Waals surface area (Å²) in [5.41, 5.74) is 3.01. The third kappa shape index (κ3) is 3.93. The largest absolute Gasteiger partial charge is 0.344 e. The van der Waals surface area contributed by atoms with Gasteiger partial charge in [-0.3, -0.25) is 14.6 Å². The number of carbonyl (C=O) groups excluding carboxylic acids is 2. The fourth-order valence-electron chi connectivity index (χ4n) is 3.19. The summed E-state index contributed by atoms with van der Waals surface area (Å²) in [5, 5.41) is 2.96. The summed E-state index contributed by atoms with van der Waals surface area (Å²) in [6.45, 7) is 4.31. The molecule has 136 valence electrons. The van der Waals surface area contributed by atoms with Gasteiger partial charge in [0, 0.05) is 24.0 Å². The molecule has 0 unspecified atom stereocenters. The molecule has 5 nitrogen and oxygen atoms in total. The van der Waals surface area contributed by atoms with Gasteiger partial charge in [0.25, 0.3) is 0 Å². The fourth-order valence-corrected chi connectivity index (χ4v) is 3.19. The van der Waals surface area contributed by atoms with Gasteiger partial charge in [0.1, 0.15) is 6.04 Å². The number of para-hydroxylation sites is 1. The minimum Gasteiger partial charge on any atom is -0.344 e. The lowest BCUT2D eigenvalue weighted by Crippen LogP contribution is -2.49. The number of rotatable bonds is 5. The summed E-state index contributed by atoms with van der Waals surface area (Å²) in [6, 6.07) is 11.3. The van der Waals surface area contributed by atoms with Crippen LogP contribution in [0.3, 0.4) is 0 Å². The normalized spacial score (nSPS) is 18.0. The second-order valence-electron chi connectivity index (χ2n) is 6.82. The number of amides is 2. The zero-order valence-corrected chi connectivity index (χ0v) is 15.3. The van der Waals surface area contributed by atoms with Crippen molar-refractivity contribution in [3.05, 3.63) is 59.9 Å². The lowest BCUT2D eigenvalue weighted by Gasteiger charge is -2.27. The van der Waals surface area contributed by atoms with Crippen molar-refractivity contribution in [2.24, 2.45) is 5.92 Å². The molecule has 1 N–H and O–H groups in total. The molecule has 2 atom stereocenters. The van der Waals surface area contributed by atoms with Crippen LogP contribution in [0.25, 0.3) is 0 Å². The Bertz CT molecular complexity index is 776. The first-order valence-corrected chi connectivity index (χ1v) is 9.18. The number of nitrogens with zero attached hydrogens (tertiary/aromatic N) is 2. The fraction of sp³-hybridized carbons (Fsp3) is 0.381. The van der Waals surface area contributed by atoms with Gasteiger partial charge in [-0.05, 0) is 42.5 Å². The monoisotopic (exact) mass is 351 g/mol. The van der Waals surface area contributed by atoms with Crippen LogP contribution in [0.4, 0.5) is 5.69 Å². The Morgan fingerprint density at radius 1 is 1.31 bits per heavy atom. The number of aryl methyl sites for hydroxylation is 1. The van der Waals surface area contributed by atoms with Crippen LogP contribution in [0.1, 0.15) is 37.8 Å². The van der Waals surface area contributed by atoms with Gasteiger partial charge in [-0.15, -0.1) is 0 Å². The summed E-state index contributed by atoms with van der Waals surface area (Å²) in [4.78, 5) is 31.5. The van der Waals surface area contributed by atoms with E-state index >= 15 is 0 Å². The average molecular weight is 351 g/mol. The minimum absolute atomic E-state index is 0.0573. The molecule has 2 amide bonds. The van der Waals surface area contributed by atoms with Gasteiger partial charge in [-0.2, -0.15) is 0 Å². The topological polar surface area (TPSA) is 62.3 Å². The number of fused-ring (bicyclic) bond motifs is 1. The molecule has 3 rings (SSSR count). The van der Waals surface area contributed by atoms with Gasteiger partial charge in [-0.25, -0.2) is 0 Å². The Balaban J connectivity index is 1.89. The molecule has 2 aromatic rings. The van der Waals surface area contributed by atoms with Gasteiger partial charge >= 0.3 is 0 Å². The van der Waals surface area contributed by atoms with Crippen LogP contribution in [0.15, 0.2) is 48.8 Å². The van der Waals surface area contributed by atoms with Crippen molar-refractivity contribution >= 4 is 17.5 Å². The summed E-state index contributed by atoms with van der Waals surface area (Å²) < 4.78 is 0. The lowest BCUT2D eigenvalue weighted by atomic mass is 10.0. The van der Waals surface area contributed by atoms with E-state index in [1.807, 2.05) is 44.2 Å². The first-order chi connectivity index (χ1) is 12.6. The van der Waals surface area contributed by atoms with Crippen molar-refractivity contribution in [3.8, 4) is 0 Å². The second kappa shape index (κ2) is 8.13. The standard InChI is InChI=1S/C21H25N3O2/c1-3-15(2)20(25)23-18-11-10-17-8-4-5-9-19(17)24(21(18)26)14-16-7-6-12-22-13-16/h4-9,12-13,15,18H,3,10-11,14H2,1-2H3,(H,23,25)/t15-,18+/m1/s1. The molecule has 0 bridgehead atoms. The quantitative estimate of drug-likeness (QED) is 0.900. The van der Waals surface area contributed by atoms with E-state index in [0.29, 0.717) is 13.0 Å². The molecular weight excluding hydrogens is 326 g/mol. The Morgan fingerprint density at radius 3 is 2.85 bits per heavy atom. The first-order valence-electron chi connectivity index (χ1n) is 9.18. The highest BCUT2D eigenvalue weighted by Crippen LogP contribution is 2.28. The summed E-state index contributed by atoms with van der Waals surface area (Å²) in [7, 11) is 0. The highest BCUT2D eigenvalue weighted by molar-refractivity contribution is 6.00. The molecule has 1 aliphatic rings. The first kappa shape index (κ1) is 18.1. The minimum atomic E-state index is -0.499. The summed E-state index contributed by atoms with van der Waals surface area (Å²) in [6.07, 6.45) is 5.62. The maximum absolute atomic E-state index is 13.2. The van der Waals surface area contributed by atoms with E-state index < -0.39 is 6.04 Å². The number of nitrogens with one attached hydrogen (secondary N) is 1. The highest BCUT2D eigenvalue weighted by atomic mass is 16.2. The molecule has 26 heavy (non-hydrogen) atoms. The SMILES string of the molecule is CC[C@@H](C)C(=O)N[C@H]1CCc2ccccc2N(Cc2cccnc2)C1=O. The van der Waals surface area contributed by atoms with Gasteiger partial charge in [0.05, 0.1) is 6.54 Å². The molecule has 0 spiro atoms. The Morgan fingerprint density at radius 2 is 2.12 bits per heavy atom. The maximum Gasteiger partial charge on any atom is 0.249 e. The third-order valence-electron chi connectivity index (χ3n) is 4.99. The van der Waals surface area contributed by atoms with Gasteiger partial charge in [0.2, 0.25) is 11.8 Å². The van der Waals surface area contributed by atoms with Crippen molar-refractivity contribution in [2.45, 2.75) is 45.7 Å². The molecule has 2 heterocycles. The number of carbonyl (C=O) groups is 2. The molecule has 1 aromatic heterocycles. The van der Waals surface area contributed by atoms with Crippen LogP contribution >= 0.6 is 0 Å². The van der Waals surface area contributed by atoms with Crippen molar-refractivity contribution in [1.29, 1.82) is 0 Å². The van der Waals surface area contributed by atoms with Gasteiger partial charge in [-0.1, -0.05) is 38.1 Å². The Kier molecular flexibility index (Phi) is 5.66. The zero-order chi connectivity index (χ0) is 18.5. The smallest absolute Gasteiger partial charge is 0.249 e. The number of hydrogen-bond acceptors (Lipinski definition) is 3. The highest BCUT2D eigenvalue weighted by Gasteiger charge is 2.32. The van der Waals surface area contributed by atoms with E-state index in [9.17, 15) is 9.59 Å². The number of benzene rings is 1. The molecule has 0 aliphatic carbocycles. The number of hydrogen-bond donors (Lipinski definition) is 1. The van der Waals surface area contributed by atoms with Crippen molar-refractivity contribution in [1.82, 2.24) is 10.3 Å². The molecule has 1 aliphatic heterocycles. The molecule has 0 fully saturated rings. The van der Waals surface area contributed by atoms with Crippen LogP contribution in [-0.2, 0) is 22.6 Å². The third-order valence-corrected chi connectivity index (χ3v) is 4.99. The maximum atomic E-state index is 13.2. The van der Waals surface area contributed by atoms with E-state index in [1.165, 1.54) is 0 Å². The van der Waals surface area contributed by atoms with Crippen molar-refractivity contribution in [3.63, 3.8) is 0 Å². The van der Waals surface area contributed by atoms with Crippen molar-refractivity contribution in [2.75, 3.05) is 4.90 Å². The average Bonchev–Trinajstić information content (AvgIpc) is 2.80. The second-order valence-corrected chi connectivity index (χ2v) is 6.82. The van der Waals surface area contributed by atoms with Crippen LogP contribution < -0.4 is 10.2 Å². The molecule has 0 saturated carbocycles. The molecule has 5 heteroatoms. The van der Waals surface area contributed by atoms with Crippen LogP contribution in [0.2, 0.25) is 0 Å². The van der Waals surface area contributed by atoms with E-state index in [1.54, 1.807) is 17.3 Å². The number of pyridine rings is 1. The number of aromatic nitrogens is 1. The van der Waals surface area contributed by atoms with E-state index in [2.05, 4.69) is 16.4 Å². The zero-order valence-electron chi connectivity index (χ0n) is 15.3. The lowest BCUT2D eigenvalue weighted by molar-refractivity contribution is -0.129. The Hall–Kier alpha value is -2.69. The molecular formula is C21H25N3O2. The van der Waals surface area contributed by atoms with E-state index in [0.717, 1.165) is 29.7 Å². The predicted octanol–water partition coefficient (Wildman–Crippen LogP) is 3.09. The van der Waals surface area contributed by atoms with E-state index in [4.69, 9.17) is 0 Å². The summed E-state index contributed by atoms with van der Waals surface area (Å²) >= 11 is 0.